The van der Waals surface area contributed by atoms with Crippen LogP contribution in [-0.2, 0) is 10.8 Å². The van der Waals surface area contributed by atoms with Crippen LogP contribution in [0.1, 0.15) is 130 Å². The van der Waals surface area contributed by atoms with Crippen molar-refractivity contribution in [1.29, 1.82) is 0 Å². The minimum atomic E-state index is 0.194. The molecule has 0 heterocycles. The number of phenols is 2. The zero-order valence-electron chi connectivity index (χ0n) is 27.7. The molecule has 2 N–H and O–H groups in total. The fourth-order valence-corrected chi connectivity index (χ4v) is 12.4. The molecule has 8 fully saturated rings. The first-order valence-electron chi connectivity index (χ1n) is 18.5. The molecule has 0 spiro atoms. The highest BCUT2D eigenvalue weighted by Gasteiger charge is 2.53. The van der Waals surface area contributed by atoms with Gasteiger partial charge in [0.2, 0.25) is 0 Å². The summed E-state index contributed by atoms with van der Waals surface area (Å²) in [6, 6.07) is 8.77. The number of nitrogens with zero attached hydrogens (tertiary/aromatic N) is 2. The molecule has 0 amide bonds. The second-order valence-corrected chi connectivity index (χ2v) is 17.0. The summed E-state index contributed by atoms with van der Waals surface area (Å²) in [5.41, 5.74) is 7.09. The Morgan fingerprint density at radius 1 is 0.556 bits per heavy atom. The molecule has 0 atom stereocenters. The van der Waals surface area contributed by atoms with Crippen LogP contribution in [0, 0.1) is 49.4 Å². The van der Waals surface area contributed by atoms with Crippen LogP contribution in [0.15, 0.2) is 34.3 Å². The van der Waals surface area contributed by atoms with Crippen LogP contribution in [0.25, 0.3) is 0 Å². The summed E-state index contributed by atoms with van der Waals surface area (Å²) in [5, 5.41) is 22.9. The predicted octanol–water partition coefficient (Wildman–Crippen LogP) is 9.36. The van der Waals surface area contributed by atoms with Gasteiger partial charge in [0.25, 0.3) is 0 Å². The third-order valence-electron chi connectivity index (χ3n) is 13.3. The number of benzene rings is 2. The van der Waals surface area contributed by atoms with E-state index in [1.807, 2.05) is 12.4 Å². The first-order valence-corrected chi connectivity index (χ1v) is 18.5. The molecular formula is C41H54N2O2. The van der Waals surface area contributed by atoms with Crippen LogP contribution in [0.2, 0.25) is 0 Å². The molecular weight excluding hydrogens is 552 g/mol. The van der Waals surface area contributed by atoms with Crippen LogP contribution in [-0.4, -0.2) is 35.7 Å². The van der Waals surface area contributed by atoms with E-state index in [-0.39, 0.29) is 10.8 Å². The number of aryl methyl sites for hydroxylation is 2. The number of aliphatic imine (C=N–C) groups is 2. The molecule has 8 aliphatic rings. The van der Waals surface area contributed by atoms with Gasteiger partial charge in [-0.15, -0.1) is 0 Å². The van der Waals surface area contributed by atoms with Gasteiger partial charge in [0.1, 0.15) is 11.5 Å². The standard InChI is InChI=1S/C41H54N2O2/c1-26-8-34(38(44)36(10-26)40-18-28-12-29(19-40)14-30(13-28)20-40)24-42-6-4-3-5-7-43-25-35-9-27(2)11-37(39(35)45)41-21-31-15-32(22-41)17-33(16-31)23-41/h8-11,24-25,28-33,44-45H,3-7,12-23H2,1-2H3. The Morgan fingerprint density at radius 3 is 1.22 bits per heavy atom. The lowest BCUT2D eigenvalue weighted by Crippen LogP contribution is -2.48. The van der Waals surface area contributed by atoms with Gasteiger partial charge in [0.15, 0.2) is 0 Å². The van der Waals surface area contributed by atoms with Crippen molar-refractivity contribution in [3.63, 3.8) is 0 Å². The van der Waals surface area contributed by atoms with Crippen molar-refractivity contribution in [1.82, 2.24) is 0 Å². The van der Waals surface area contributed by atoms with Gasteiger partial charge in [-0.1, -0.05) is 12.1 Å². The average Bonchev–Trinajstić information content (AvgIpc) is 2.97. The highest BCUT2D eigenvalue weighted by atomic mass is 16.3. The van der Waals surface area contributed by atoms with E-state index < -0.39 is 0 Å². The molecule has 2 aromatic carbocycles. The summed E-state index contributed by atoms with van der Waals surface area (Å²) < 4.78 is 0. The lowest BCUT2D eigenvalue weighted by Gasteiger charge is -2.57. The fourth-order valence-electron chi connectivity index (χ4n) is 12.4. The third kappa shape index (κ3) is 5.57. The van der Waals surface area contributed by atoms with Crippen molar-refractivity contribution < 1.29 is 10.2 Å². The molecule has 0 aliphatic heterocycles. The molecule has 4 nitrogen and oxygen atoms in total. The Labute approximate surface area is 270 Å². The van der Waals surface area contributed by atoms with Gasteiger partial charge in [-0.3, -0.25) is 9.98 Å². The summed E-state index contributed by atoms with van der Waals surface area (Å²) in [6.07, 6.45) is 23.1. The highest BCUT2D eigenvalue weighted by molar-refractivity contribution is 5.85. The maximum atomic E-state index is 11.4. The largest absolute Gasteiger partial charge is 0.507 e. The minimum absolute atomic E-state index is 0.194. The van der Waals surface area contributed by atoms with Gasteiger partial charge in [-0.05, 0) is 180 Å². The van der Waals surface area contributed by atoms with Crippen LogP contribution in [0.3, 0.4) is 0 Å². The van der Waals surface area contributed by atoms with E-state index in [2.05, 4.69) is 38.1 Å². The van der Waals surface area contributed by atoms with Crippen LogP contribution < -0.4 is 0 Å². The fraction of sp³-hybridized carbons (Fsp3) is 0.659. The summed E-state index contributed by atoms with van der Waals surface area (Å²) in [5.74, 6) is 6.17. The molecule has 0 radical (unpaired) electrons. The molecule has 0 unspecified atom stereocenters. The number of phenolic OH excluding ortho intramolecular Hbond substituents is 2. The molecule has 8 aliphatic carbocycles. The number of aromatic hydroxyl groups is 2. The molecule has 8 bridgehead atoms. The Hall–Kier alpha value is -2.62. The highest BCUT2D eigenvalue weighted by Crippen LogP contribution is 2.63. The lowest BCUT2D eigenvalue weighted by atomic mass is 9.48. The van der Waals surface area contributed by atoms with Crippen molar-refractivity contribution in [3.05, 3.63) is 57.6 Å². The SMILES string of the molecule is Cc1cc(C=NCCCCCN=Cc2cc(C)cc(C34CC5CC(CC(C5)C3)C4)c2O)c(O)c(C23CC4CC(CC(C4)C2)C3)c1. The minimum Gasteiger partial charge on any atom is -0.507 e. The maximum Gasteiger partial charge on any atom is 0.128 e. The van der Waals surface area contributed by atoms with Crippen molar-refractivity contribution in [3.8, 4) is 11.5 Å². The Balaban J connectivity index is 0.846. The van der Waals surface area contributed by atoms with E-state index in [0.717, 1.165) is 79.0 Å². The Kier molecular flexibility index (Phi) is 7.65. The zero-order valence-corrected chi connectivity index (χ0v) is 27.7. The number of unbranched alkanes of at least 4 members (excludes halogenated alkanes) is 2. The number of hydrogen-bond acceptors (Lipinski definition) is 4. The van der Waals surface area contributed by atoms with Crippen molar-refractivity contribution in [2.24, 2.45) is 45.5 Å². The van der Waals surface area contributed by atoms with Crippen LogP contribution in [0.5, 0.6) is 11.5 Å². The van der Waals surface area contributed by atoms with E-state index in [1.165, 1.54) is 99.3 Å². The van der Waals surface area contributed by atoms with Crippen molar-refractivity contribution in [2.75, 3.05) is 13.1 Å². The molecule has 10 rings (SSSR count). The van der Waals surface area contributed by atoms with Crippen LogP contribution in [0.4, 0.5) is 0 Å². The van der Waals surface area contributed by atoms with Gasteiger partial charge < -0.3 is 10.2 Å². The lowest BCUT2D eigenvalue weighted by molar-refractivity contribution is -0.00631. The topological polar surface area (TPSA) is 65.2 Å². The van der Waals surface area contributed by atoms with Gasteiger partial charge >= 0.3 is 0 Å². The normalized spacial score (nSPS) is 36.2. The van der Waals surface area contributed by atoms with Gasteiger partial charge in [-0.2, -0.15) is 0 Å². The van der Waals surface area contributed by atoms with Crippen LogP contribution >= 0.6 is 0 Å². The van der Waals surface area contributed by atoms with E-state index >= 15 is 0 Å². The maximum absolute atomic E-state index is 11.4. The van der Waals surface area contributed by atoms with E-state index in [0.29, 0.717) is 11.5 Å². The molecule has 240 valence electrons. The zero-order chi connectivity index (χ0) is 30.8. The Bertz CT molecular complexity index is 1320. The van der Waals surface area contributed by atoms with Crippen molar-refractivity contribution in [2.45, 2.75) is 121 Å². The van der Waals surface area contributed by atoms with Gasteiger partial charge in [0, 0.05) is 47.8 Å². The number of hydrogen-bond donors (Lipinski definition) is 2. The summed E-state index contributed by atoms with van der Waals surface area (Å²) in [7, 11) is 0. The molecule has 4 heteroatoms. The first kappa shape index (κ1) is 29.8. The Morgan fingerprint density at radius 2 is 0.889 bits per heavy atom. The predicted molar refractivity (Wildman–Crippen MR) is 184 cm³/mol. The number of rotatable bonds is 10. The molecule has 8 saturated carbocycles. The summed E-state index contributed by atoms with van der Waals surface area (Å²) in [4.78, 5) is 9.50. The smallest absolute Gasteiger partial charge is 0.128 e. The second-order valence-electron chi connectivity index (χ2n) is 17.0. The van der Waals surface area contributed by atoms with Gasteiger partial charge in [0.05, 0.1) is 0 Å². The third-order valence-corrected chi connectivity index (χ3v) is 13.3. The summed E-state index contributed by atoms with van der Waals surface area (Å²) in [6.45, 7) is 5.89. The first-order chi connectivity index (χ1) is 21.8. The molecule has 0 saturated heterocycles. The molecule has 2 aromatic rings. The van der Waals surface area contributed by atoms with Crippen molar-refractivity contribution >= 4 is 12.4 Å². The van der Waals surface area contributed by atoms with Gasteiger partial charge in [-0.25, -0.2) is 0 Å². The van der Waals surface area contributed by atoms with E-state index in [9.17, 15) is 10.2 Å². The monoisotopic (exact) mass is 606 g/mol. The average molecular weight is 607 g/mol. The van der Waals surface area contributed by atoms with E-state index in [1.54, 1.807) is 0 Å². The quantitative estimate of drug-likeness (QED) is 0.209. The molecule has 45 heavy (non-hydrogen) atoms. The summed E-state index contributed by atoms with van der Waals surface area (Å²) >= 11 is 0. The van der Waals surface area contributed by atoms with E-state index in [4.69, 9.17) is 9.98 Å². The molecule has 0 aromatic heterocycles. The second kappa shape index (κ2) is 11.6.